The molecule has 0 spiro atoms. The molecule has 0 aliphatic heterocycles. The number of carbonyl (C=O) groups is 1. The van der Waals surface area contributed by atoms with E-state index < -0.39 is 15.6 Å². The fraction of sp³-hybridized carbons (Fsp3) is 0.462. The van der Waals surface area contributed by atoms with Crippen LogP contribution in [0.3, 0.4) is 0 Å². The van der Waals surface area contributed by atoms with Crippen LogP contribution >= 0.6 is 28.3 Å². The second kappa shape index (κ2) is 7.74. The second-order valence-electron chi connectivity index (χ2n) is 5.59. The van der Waals surface area contributed by atoms with E-state index >= 15 is 0 Å². The Bertz CT molecular complexity index is 657. The molecule has 6 nitrogen and oxygen atoms in total. The maximum absolute atomic E-state index is 12.3. The smallest absolute Gasteiger partial charge is 0.240 e. The van der Waals surface area contributed by atoms with Gasteiger partial charge in [-0.25, -0.2) is 13.1 Å². The highest BCUT2D eigenvalue weighted by Gasteiger charge is 2.21. The second-order valence-corrected chi connectivity index (χ2v) is 8.18. The summed E-state index contributed by atoms with van der Waals surface area (Å²) in [6.07, 6.45) is 0. The summed E-state index contributed by atoms with van der Waals surface area (Å²) in [7, 11) is -3.66. The van der Waals surface area contributed by atoms with E-state index in [9.17, 15) is 13.2 Å². The minimum atomic E-state index is -3.66. The molecule has 9 heteroatoms. The summed E-state index contributed by atoms with van der Waals surface area (Å²) in [5.41, 5.74) is 6.20. The van der Waals surface area contributed by atoms with Crippen LogP contribution in [0.25, 0.3) is 0 Å². The van der Waals surface area contributed by atoms with Crippen LogP contribution in [0.5, 0.6) is 0 Å². The Balaban J connectivity index is 0.00000441. The highest BCUT2D eigenvalue weighted by Crippen LogP contribution is 2.29. The van der Waals surface area contributed by atoms with Crippen molar-refractivity contribution >= 4 is 50.0 Å². The molecule has 0 radical (unpaired) electrons. The summed E-state index contributed by atoms with van der Waals surface area (Å²) in [4.78, 5) is 11.2. The van der Waals surface area contributed by atoms with Crippen LogP contribution in [-0.4, -0.2) is 26.4 Å². The summed E-state index contributed by atoms with van der Waals surface area (Å²) in [6.45, 7) is 6.65. The number of rotatable bonds is 5. The third-order valence-corrected chi connectivity index (χ3v) is 4.78. The molecule has 0 bridgehead atoms. The standard InChI is InChI=1S/C13H20BrN3O3S.ClH/c1-8-5-11(17-9(2)18)10(14)6-12(8)21(19,20)16-7-13(3,4)15;/h5-6,16H,7,15H2,1-4H3,(H,17,18);1H. The first-order valence-corrected chi connectivity index (χ1v) is 8.56. The van der Waals surface area contributed by atoms with Crippen molar-refractivity contribution in [3.05, 3.63) is 22.2 Å². The quantitative estimate of drug-likeness (QED) is 0.687. The summed E-state index contributed by atoms with van der Waals surface area (Å²) in [5.74, 6) is -0.228. The lowest BCUT2D eigenvalue weighted by atomic mass is 10.1. The molecular formula is C13H21BrClN3O3S. The van der Waals surface area contributed by atoms with E-state index in [4.69, 9.17) is 5.73 Å². The zero-order chi connectivity index (χ0) is 16.4. The van der Waals surface area contributed by atoms with Gasteiger partial charge in [-0.2, -0.15) is 0 Å². The SMILES string of the molecule is CC(=O)Nc1cc(C)c(S(=O)(=O)NCC(C)(C)N)cc1Br.Cl. The molecule has 0 saturated heterocycles. The number of halogens is 2. The zero-order valence-corrected chi connectivity index (χ0v) is 16.1. The van der Waals surface area contributed by atoms with Gasteiger partial charge in [0, 0.05) is 23.5 Å². The molecule has 0 atom stereocenters. The van der Waals surface area contributed by atoms with Crippen molar-refractivity contribution < 1.29 is 13.2 Å². The van der Waals surface area contributed by atoms with E-state index in [0.717, 1.165) is 0 Å². The molecule has 22 heavy (non-hydrogen) atoms. The van der Waals surface area contributed by atoms with Gasteiger partial charge in [0.25, 0.3) is 0 Å². The van der Waals surface area contributed by atoms with Gasteiger partial charge in [0.15, 0.2) is 0 Å². The maximum Gasteiger partial charge on any atom is 0.240 e. The highest BCUT2D eigenvalue weighted by molar-refractivity contribution is 9.10. The lowest BCUT2D eigenvalue weighted by Crippen LogP contribution is -2.45. The van der Waals surface area contributed by atoms with Crippen molar-refractivity contribution in [3.63, 3.8) is 0 Å². The van der Waals surface area contributed by atoms with Crippen molar-refractivity contribution in [1.82, 2.24) is 4.72 Å². The lowest BCUT2D eigenvalue weighted by Gasteiger charge is -2.20. The van der Waals surface area contributed by atoms with Gasteiger partial charge in [-0.15, -0.1) is 12.4 Å². The monoisotopic (exact) mass is 413 g/mol. The summed E-state index contributed by atoms with van der Waals surface area (Å²) < 4.78 is 27.6. The van der Waals surface area contributed by atoms with Gasteiger partial charge in [-0.3, -0.25) is 4.79 Å². The number of benzene rings is 1. The van der Waals surface area contributed by atoms with E-state index in [1.54, 1.807) is 26.8 Å². The number of hydrogen-bond acceptors (Lipinski definition) is 4. The number of sulfonamides is 1. The van der Waals surface area contributed by atoms with Gasteiger partial charge < -0.3 is 11.1 Å². The third-order valence-electron chi connectivity index (χ3n) is 2.58. The Labute approximate surface area is 145 Å². The van der Waals surface area contributed by atoms with Crippen LogP contribution in [0.4, 0.5) is 5.69 Å². The van der Waals surface area contributed by atoms with E-state index in [-0.39, 0.29) is 29.8 Å². The first kappa shape index (κ1) is 21.3. The summed E-state index contributed by atoms with van der Waals surface area (Å²) in [6, 6.07) is 3.07. The van der Waals surface area contributed by atoms with Crippen LogP contribution < -0.4 is 15.8 Å². The van der Waals surface area contributed by atoms with Gasteiger partial charge in [0.05, 0.1) is 10.6 Å². The van der Waals surface area contributed by atoms with Gasteiger partial charge in [0.1, 0.15) is 0 Å². The molecule has 0 aliphatic carbocycles. The molecule has 0 aromatic heterocycles. The Hall–Kier alpha value is -0.670. The molecule has 1 rings (SSSR count). The molecule has 0 saturated carbocycles. The van der Waals surface area contributed by atoms with Crippen molar-refractivity contribution in [2.75, 3.05) is 11.9 Å². The van der Waals surface area contributed by atoms with Crippen LogP contribution in [0.1, 0.15) is 26.3 Å². The number of hydrogen-bond donors (Lipinski definition) is 3. The normalized spacial score (nSPS) is 11.7. The van der Waals surface area contributed by atoms with Gasteiger partial charge in [-0.05, 0) is 54.4 Å². The van der Waals surface area contributed by atoms with Crippen LogP contribution in [-0.2, 0) is 14.8 Å². The Morgan fingerprint density at radius 3 is 2.36 bits per heavy atom. The van der Waals surface area contributed by atoms with Gasteiger partial charge in [0.2, 0.25) is 15.9 Å². The van der Waals surface area contributed by atoms with Crippen molar-refractivity contribution in [2.45, 2.75) is 38.1 Å². The van der Waals surface area contributed by atoms with Crippen LogP contribution in [0.15, 0.2) is 21.5 Å². The fourth-order valence-electron chi connectivity index (χ4n) is 1.60. The van der Waals surface area contributed by atoms with Crippen molar-refractivity contribution in [1.29, 1.82) is 0 Å². The molecule has 4 N–H and O–H groups in total. The van der Waals surface area contributed by atoms with Crippen molar-refractivity contribution in [2.24, 2.45) is 5.73 Å². The molecule has 126 valence electrons. The summed E-state index contributed by atoms with van der Waals surface area (Å²) in [5, 5.41) is 2.63. The Morgan fingerprint density at radius 2 is 1.91 bits per heavy atom. The predicted molar refractivity (Wildman–Crippen MR) is 93.9 cm³/mol. The molecule has 0 aliphatic rings. The zero-order valence-electron chi connectivity index (χ0n) is 12.9. The number of amides is 1. The average Bonchev–Trinajstić information content (AvgIpc) is 2.29. The van der Waals surface area contributed by atoms with Gasteiger partial charge in [-0.1, -0.05) is 0 Å². The van der Waals surface area contributed by atoms with Crippen LogP contribution in [0.2, 0.25) is 0 Å². The molecule has 1 amide bonds. The number of anilines is 1. The largest absolute Gasteiger partial charge is 0.325 e. The molecular weight excluding hydrogens is 394 g/mol. The third kappa shape index (κ3) is 6.21. The predicted octanol–water partition coefficient (Wildman–Crippen LogP) is 2.15. The highest BCUT2D eigenvalue weighted by atomic mass is 79.9. The van der Waals surface area contributed by atoms with Crippen molar-refractivity contribution in [3.8, 4) is 0 Å². The average molecular weight is 415 g/mol. The fourth-order valence-corrected chi connectivity index (χ4v) is 3.66. The van der Waals surface area contributed by atoms with E-state index in [1.165, 1.54) is 13.0 Å². The molecule has 0 heterocycles. The molecule has 0 unspecified atom stereocenters. The minimum Gasteiger partial charge on any atom is -0.325 e. The molecule has 1 aromatic rings. The maximum atomic E-state index is 12.3. The van der Waals surface area contributed by atoms with E-state index in [2.05, 4.69) is 26.0 Å². The first-order valence-electron chi connectivity index (χ1n) is 6.29. The van der Waals surface area contributed by atoms with Gasteiger partial charge >= 0.3 is 0 Å². The number of aryl methyl sites for hydroxylation is 1. The van der Waals surface area contributed by atoms with E-state index in [1.807, 2.05) is 0 Å². The van der Waals surface area contributed by atoms with E-state index in [0.29, 0.717) is 15.7 Å². The summed E-state index contributed by atoms with van der Waals surface area (Å²) >= 11 is 3.26. The Kier molecular flexibility index (Phi) is 7.50. The topological polar surface area (TPSA) is 101 Å². The number of nitrogens with two attached hydrogens (primary N) is 1. The minimum absolute atomic E-state index is 0. The molecule has 0 fully saturated rings. The lowest BCUT2D eigenvalue weighted by molar-refractivity contribution is -0.114. The number of nitrogens with one attached hydrogen (secondary N) is 2. The van der Waals surface area contributed by atoms with Crippen LogP contribution in [0, 0.1) is 6.92 Å². The number of carbonyl (C=O) groups excluding carboxylic acids is 1. The Morgan fingerprint density at radius 1 is 1.36 bits per heavy atom. The first-order chi connectivity index (χ1) is 9.42. The molecule has 1 aromatic carbocycles.